The second-order valence-electron chi connectivity index (χ2n) is 6.34. The van der Waals surface area contributed by atoms with Crippen LogP contribution in [0.3, 0.4) is 0 Å². The third-order valence-electron chi connectivity index (χ3n) is 4.76. The summed E-state index contributed by atoms with van der Waals surface area (Å²) < 4.78 is 23.7. The van der Waals surface area contributed by atoms with Crippen molar-refractivity contribution in [2.75, 3.05) is 26.9 Å². The molecule has 1 aromatic heterocycles. The molecule has 2 aliphatic heterocycles. The number of hydrogen-bond donors (Lipinski definition) is 0. The Bertz CT molecular complexity index is 858. The molecule has 0 saturated heterocycles. The van der Waals surface area contributed by atoms with Gasteiger partial charge in [-0.15, -0.1) is 5.10 Å². The van der Waals surface area contributed by atoms with Crippen LogP contribution in [0.4, 0.5) is 0 Å². The molecular weight excluding hydrogens is 350 g/mol. The number of benzene rings is 1. The van der Waals surface area contributed by atoms with E-state index in [2.05, 4.69) is 10.3 Å². The van der Waals surface area contributed by atoms with Gasteiger partial charge in [0.2, 0.25) is 0 Å². The van der Waals surface area contributed by atoms with Crippen molar-refractivity contribution in [1.82, 2.24) is 15.0 Å². The zero-order chi connectivity index (χ0) is 18.8. The molecule has 0 amide bonds. The molecule has 2 unspecified atom stereocenters. The maximum atomic E-state index is 12.5. The summed E-state index contributed by atoms with van der Waals surface area (Å²) in [5.74, 6) is 0.411. The SMILES string of the molecule is CCOCc1cn(C2COC(=O)C3=C2COC3c2ccc(OC)cc2)nn1. The number of nitrogens with zero attached hydrogens (tertiary/aromatic N) is 3. The first-order valence-corrected chi connectivity index (χ1v) is 8.85. The predicted octanol–water partition coefficient (Wildman–Crippen LogP) is 1.99. The topological polar surface area (TPSA) is 84.7 Å². The Kier molecular flexibility index (Phi) is 4.91. The van der Waals surface area contributed by atoms with Gasteiger partial charge in [0, 0.05) is 6.61 Å². The minimum Gasteiger partial charge on any atom is -0.497 e. The van der Waals surface area contributed by atoms with E-state index < -0.39 is 6.10 Å². The Labute approximate surface area is 156 Å². The molecule has 0 fully saturated rings. The van der Waals surface area contributed by atoms with Crippen molar-refractivity contribution >= 4 is 5.97 Å². The van der Waals surface area contributed by atoms with E-state index in [0.29, 0.717) is 25.4 Å². The zero-order valence-corrected chi connectivity index (χ0v) is 15.3. The Morgan fingerprint density at radius 2 is 2.11 bits per heavy atom. The van der Waals surface area contributed by atoms with Crippen LogP contribution in [-0.2, 0) is 25.6 Å². The van der Waals surface area contributed by atoms with Crippen LogP contribution in [0.5, 0.6) is 5.75 Å². The number of methoxy groups -OCH3 is 1. The highest BCUT2D eigenvalue weighted by atomic mass is 16.5. The van der Waals surface area contributed by atoms with Crippen LogP contribution < -0.4 is 4.74 Å². The minimum atomic E-state index is -0.451. The first kappa shape index (κ1) is 17.7. The summed E-state index contributed by atoms with van der Waals surface area (Å²) in [4.78, 5) is 12.5. The van der Waals surface area contributed by atoms with E-state index in [0.717, 1.165) is 22.6 Å². The monoisotopic (exact) mass is 371 g/mol. The molecule has 3 heterocycles. The lowest BCUT2D eigenvalue weighted by atomic mass is 9.94. The van der Waals surface area contributed by atoms with Gasteiger partial charge in [-0.3, -0.25) is 0 Å². The average molecular weight is 371 g/mol. The smallest absolute Gasteiger partial charge is 0.337 e. The fourth-order valence-electron chi connectivity index (χ4n) is 3.37. The summed E-state index contributed by atoms with van der Waals surface area (Å²) in [5, 5.41) is 8.32. The number of ether oxygens (including phenoxy) is 4. The van der Waals surface area contributed by atoms with E-state index in [4.69, 9.17) is 18.9 Å². The van der Waals surface area contributed by atoms with Crippen LogP contribution in [0.15, 0.2) is 41.6 Å². The van der Waals surface area contributed by atoms with Crippen molar-refractivity contribution in [2.24, 2.45) is 0 Å². The van der Waals surface area contributed by atoms with Crippen molar-refractivity contribution in [2.45, 2.75) is 25.7 Å². The molecule has 8 nitrogen and oxygen atoms in total. The van der Waals surface area contributed by atoms with Gasteiger partial charge in [0.15, 0.2) is 0 Å². The highest BCUT2D eigenvalue weighted by molar-refractivity contribution is 5.92. The molecule has 142 valence electrons. The van der Waals surface area contributed by atoms with Gasteiger partial charge in [0.25, 0.3) is 0 Å². The fourth-order valence-corrected chi connectivity index (χ4v) is 3.37. The Balaban J connectivity index is 1.62. The van der Waals surface area contributed by atoms with Gasteiger partial charge in [-0.05, 0) is 30.2 Å². The van der Waals surface area contributed by atoms with E-state index in [9.17, 15) is 4.79 Å². The predicted molar refractivity (Wildman–Crippen MR) is 94.1 cm³/mol. The lowest BCUT2D eigenvalue weighted by molar-refractivity contribution is -0.142. The lowest BCUT2D eigenvalue weighted by Crippen LogP contribution is -2.29. The highest BCUT2D eigenvalue weighted by Gasteiger charge is 2.41. The Morgan fingerprint density at radius 1 is 1.30 bits per heavy atom. The number of carbonyl (C=O) groups excluding carboxylic acids is 1. The molecular formula is C19H21N3O5. The Morgan fingerprint density at radius 3 is 2.85 bits per heavy atom. The van der Waals surface area contributed by atoms with Gasteiger partial charge in [0.05, 0.1) is 32.1 Å². The van der Waals surface area contributed by atoms with Crippen molar-refractivity contribution in [1.29, 1.82) is 0 Å². The lowest BCUT2D eigenvalue weighted by Gasteiger charge is -2.24. The van der Waals surface area contributed by atoms with Crippen molar-refractivity contribution in [3.63, 3.8) is 0 Å². The van der Waals surface area contributed by atoms with Gasteiger partial charge < -0.3 is 18.9 Å². The molecule has 0 radical (unpaired) electrons. The molecule has 1 aromatic carbocycles. The van der Waals surface area contributed by atoms with Crippen LogP contribution in [0.2, 0.25) is 0 Å². The van der Waals surface area contributed by atoms with E-state index in [1.54, 1.807) is 11.8 Å². The molecule has 2 atom stereocenters. The zero-order valence-electron chi connectivity index (χ0n) is 15.3. The maximum absolute atomic E-state index is 12.5. The summed E-state index contributed by atoms with van der Waals surface area (Å²) in [5.41, 5.74) is 3.06. The molecule has 4 rings (SSSR count). The number of carbonyl (C=O) groups is 1. The van der Waals surface area contributed by atoms with Crippen LogP contribution >= 0.6 is 0 Å². The quantitative estimate of drug-likeness (QED) is 0.718. The van der Waals surface area contributed by atoms with E-state index in [-0.39, 0.29) is 18.6 Å². The second-order valence-corrected chi connectivity index (χ2v) is 6.34. The largest absolute Gasteiger partial charge is 0.497 e. The normalized spacial score (nSPS) is 21.9. The summed E-state index contributed by atoms with van der Waals surface area (Å²) in [7, 11) is 1.61. The van der Waals surface area contributed by atoms with Gasteiger partial charge in [-0.1, -0.05) is 17.3 Å². The second kappa shape index (κ2) is 7.50. The summed E-state index contributed by atoms with van der Waals surface area (Å²) >= 11 is 0. The maximum Gasteiger partial charge on any atom is 0.337 e. The number of hydrogen-bond acceptors (Lipinski definition) is 7. The van der Waals surface area contributed by atoms with Gasteiger partial charge in [-0.2, -0.15) is 0 Å². The average Bonchev–Trinajstić information content (AvgIpc) is 3.35. The van der Waals surface area contributed by atoms with Crippen LogP contribution in [0.1, 0.15) is 30.3 Å². The van der Waals surface area contributed by atoms with E-state index in [1.165, 1.54) is 0 Å². The van der Waals surface area contributed by atoms with Crippen molar-refractivity contribution in [3.05, 3.63) is 52.9 Å². The summed E-state index contributed by atoms with van der Waals surface area (Å²) in [6.45, 7) is 3.51. The summed E-state index contributed by atoms with van der Waals surface area (Å²) in [6.07, 6.45) is 1.37. The number of rotatable bonds is 6. The number of esters is 1. The first-order valence-electron chi connectivity index (χ1n) is 8.85. The van der Waals surface area contributed by atoms with Gasteiger partial charge in [0.1, 0.15) is 30.2 Å². The molecule has 2 aliphatic rings. The molecule has 27 heavy (non-hydrogen) atoms. The van der Waals surface area contributed by atoms with Crippen molar-refractivity contribution < 1.29 is 23.7 Å². The number of cyclic esters (lactones) is 1. The minimum absolute atomic E-state index is 0.216. The van der Waals surface area contributed by atoms with Crippen LogP contribution in [0, 0.1) is 0 Å². The van der Waals surface area contributed by atoms with Gasteiger partial charge >= 0.3 is 5.97 Å². The fraction of sp³-hybridized carbons (Fsp3) is 0.421. The molecule has 0 aliphatic carbocycles. The molecule has 8 heteroatoms. The highest BCUT2D eigenvalue weighted by Crippen LogP contribution is 2.42. The third kappa shape index (κ3) is 3.33. The molecule has 2 aromatic rings. The number of aromatic nitrogens is 3. The van der Waals surface area contributed by atoms with Crippen LogP contribution in [0.25, 0.3) is 0 Å². The van der Waals surface area contributed by atoms with Crippen molar-refractivity contribution in [3.8, 4) is 5.75 Å². The van der Waals surface area contributed by atoms with E-state index in [1.807, 2.05) is 37.4 Å². The summed E-state index contributed by atoms with van der Waals surface area (Å²) in [6, 6.07) is 7.27. The molecule has 0 bridgehead atoms. The standard InChI is InChI=1S/C19H21N3O5/c1-3-25-9-13-8-22(21-20-13)16-11-27-19(23)17-15(16)10-26-18(17)12-4-6-14(24-2)7-5-12/h4-8,16,18H,3,9-11H2,1-2H3. The Hall–Kier alpha value is -2.71. The van der Waals surface area contributed by atoms with Gasteiger partial charge in [-0.25, -0.2) is 9.48 Å². The first-order chi connectivity index (χ1) is 13.2. The molecule has 0 saturated carbocycles. The molecule has 0 spiro atoms. The molecule has 0 N–H and O–H groups in total. The van der Waals surface area contributed by atoms with E-state index >= 15 is 0 Å². The van der Waals surface area contributed by atoms with Crippen LogP contribution in [-0.4, -0.2) is 47.9 Å². The third-order valence-corrected chi connectivity index (χ3v) is 4.76.